The Morgan fingerprint density at radius 2 is 2.30 bits per heavy atom. The second-order valence-electron chi connectivity index (χ2n) is 4.98. The van der Waals surface area contributed by atoms with E-state index in [0.717, 1.165) is 15.8 Å². The molecule has 1 amide bonds. The standard InChI is InChI=1S/C16H12N4O2S/c21-16(14-7-15-12(19-14)3-5-23-15)18-9-11-6-13(20-22-11)10-2-1-4-17-8-10/h1-8,19H,9H2,(H,18,21). The minimum atomic E-state index is -0.173. The first-order valence-corrected chi connectivity index (χ1v) is 7.88. The lowest BCUT2D eigenvalue weighted by Crippen LogP contribution is -2.22. The molecule has 0 spiro atoms. The van der Waals surface area contributed by atoms with Gasteiger partial charge in [-0.2, -0.15) is 0 Å². The molecule has 0 atom stereocenters. The Labute approximate surface area is 135 Å². The molecule has 4 aromatic heterocycles. The molecule has 0 aliphatic heterocycles. The average molecular weight is 324 g/mol. The second kappa shape index (κ2) is 5.69. The van der Waals surface area contributed by atoms with E-state index < -0.39 is 0 Å². The smallest absolute Gasteiger partial charge is 0.268 e. The van der Waals surface area contributed by atoms with E-state index in [-0.39, 0.29) is 12.5 Å². The number of hydrogen-bond donors (Lipinski definition) is 2. The van der Waals surface area contributed by atoms with Crippen LogP contribution in [0, 0.1) is 0 Å². The fraction of sp³-hybridized carbons (Fsp3) is 0.0625. The SMILES string of the molecule is O=C(NCc1cc(-c2cccnc2)no1)c1cc2sccc2[nH]1. The van der Waals surface area contributed by atoms with E-state index in [4.69, 9.17) is 4.52 Å². The molecule has 0 bridgehead atoms. The molecule has 4 heterocycles. The van der Waals surface area contributed by atoms with Gasteiger partial charge in [0.2, 0.25) is 0 Å². The summed E-state index contributed by atoms with van der Waals surface area (Å²) in [7, 11) is 0. The van der Waals surface area contributed by atoms with Crippen molar-refractivity contribution in [3.63, 3.8) is 0 Å². The van der Waals surface area contributed by atoms with Crippen LogP contribution < -0.4 is 5.32 Å². The summed E-state index contributed by atoms with van der Waals surface area (Å²) < 4.78 is 6.31. The van der Waals surface area contributed by atoms with Gasteiger partial charge in [-0.05, 0) is 29.6 Å². The van der Waals surface area contributed by atoms with Crippen LogP contribution in [0.3, 0.4) is 0 Å². The van der Waals surface area contributed by atoms with E-state index in [1.165, 1.54) is 0 Å². The summed E-state index contributed by atoms with van der Waals surface area (Å²) in [5.41, 5.74) is 3.08. The molecular formula is C16H12N4O2S. The minimum Gasteiger partial charge on any atom is -0.359 e. The van der Waals surface area contributed by atoms with Gasteiger partial charge in [0.1, 0.15) is 11.4 Å². The maximum absolute atomic E-state index is 12.2. The molecule has 23 heavy (non-hydrogen) atoms. The van der Waals surface area contributed by atoms with Gasteiger partial charge in [-0.1, -0.05) is 5.16 Å². The number of amides is 1. The largest absolute Gasteiger partial charge is 0.359 e. The maximum atomic E-state index is 12.2. The van der Waals surface area contributed by atoms with Gasteiger partial charge in [0.15, 0.2) is 5.76 Å². The third-order valence-electron chi connectivity index (χ3n) is 3.42. The van der Waals surface area contributed by atoms with E-state index in [1.54, 1.807) is 29.8 Å². The predicted molar refractivity (Wildman–Crippen MR) is 87.1 cm³/mol. The lowest BCUT2D eigenvalue weighted by Gasteiger charge is -1.99. The van der Waals surface area contributed by atoms with Crippen LogP contribution in [-0.4, -0.2) is 21.0 Å². The topological polar surface area (TPSA) is 83.8 Å². The third kappa shape index (κ3) is 2.74. The Morgan fingerprint density at radius 1 is 1.35 bits per heavy atom. The van der Waals surface area contributed by atoms with E-state index in [0.29, 0.717) is 17.1 Å². The first-order chi connectivity index (χ1) is 11.3. The fourth-order valence-electron chi connectivity index (χ4n) is 2.28. The van der Waals surface area contributed by atoms with Gasteiger partial charge >= 0.3 is 0 Å². The van der Waals surface area contributed by atoms with Crippen LogP contribution in [0.2, 0.25) is 0 Å². The number of aromatic amines is 1. The quantitative estimate of drug-likeness (QED) is 0.604. The van der Waals surface area contributed by atoms with Gasteiger partial charge in [0.25, 0.3) is 5.91 Å². The average Bonchev–Trinajstić information content (AvgIpc) is 3.29. The number of hydrogen-bond acceptors (Lipinski definition) is 5. The van der Waals surface area contributed by atoms with E-state index in [1.807, 2.05) is 29.6 Å². The van der Waals surface area contributed by atoms with Crippen molar-refractivity contribution in [2.24, 2.45) is 0 Å². The molecule has 0 aliphatic rings. The molecule has 0 saturated heterocycles. The van der Waals surface area contributed by atoms with Gasteiger partial charge in [0, 0.05) is 24.0 Å². The molecule has 0 aromatic carbocycles. The Morgan fingerprint density at radius 3 is 3.13 bits per heavy atom. The van der Waals surface area contributed by atoms with Crippen molar-refractivity contribution in [1.82, 2.24) is 20.4 Å². The summed E-state index contributed by atoms with van der Waals surface area (Å²) in [5.74, 6) is 0.415. The van der Waals surface area contributed by atoms with Crippen molar-refractivity contribution < 1.29 is 9.32 Å². The molecular weight excluding hydrogens is 312 g/mol. The van der Waals surface area contributed by atoms with Gasteiger partial charge in [-0.3, -0.25) is 9.78 Å². The van der Waals surface area contributed by atoms with E-state index in [9.17, 15) is 4.79 Å². The van der Waals surface area contributed by atoms with Crippen LogP contribution in [-0.2, 0) is 6.54 Å². The zero-order chi connectivity index (χ0) is 15.6. The highest BCUT2D eigenvalue weighted by Gasteiger charge is 2.12. The molecule has 0 aliphatic carbocycles. The number of aromatic nitrogens is 3. The van der Waals surface area contributed by atoms with Crippen molar-refractivity contribution in [3.05, 3.63) is 59.6 Å². The van der Waals surface area contributed by atoms with Crippen molar-refractivity contribution in [2.75, 3.05) is 0 Å². The summed E-state index contributed by atoms with van der Waals surface area (Å²) in [6.45, 7) is 0.277. The van der Waals surface area contributed by atoms with Crippen molar-refractivity contribution in [1.29, 1.82) is 0 Å². The zero-order valence-corrected chi connectivity index (χ0v) is 12.8. The molecule has 2 N–H and O–H groups in total. The van der Waals surface area contributed by atoms with E-state index in [2.05, 4.69) is 20.4 Å². The molecule has 4 aromatic rings. The van der Waals surface area contributed by atoms with Crippen LogP contribution >= 0.6 is 11.3 Å². The predicted octanol–water partition coefficient (Wildman–Crippen LogP) is 3.21. The number of carbonyl (C=O) groups is 1. The Bertz CT molecular complexity index is 926. The molecule has 0 saturated carbocycles. The zero-order valence-electron chi connectivity index (χ0n) is 11.9. The summed E-state index contributed by atoms with van der Waals surface area (Å²) in [5, 5.41) is 8.79. The lowest BCUT2D eigenvalue weighted by atomic mass is 10.2. The first kappa shape index (κ1) is 13.7. The highest BCUT2D eigenvalue weighted by Crippen LogP contribution is 2.21. The molecule has 6 nitrogen and oxygen atoms in total. The van der Waals surface area contributed by atoms with Crippen LogP contribution in [0.5, 0.6) is 0 Å². The Hall–Kier alpha value is -2.93. The van der Waals surface area contributed by atoms with Gasteiger partial charge in [-0.15, -0.1) is 11.3 Å². The maximum Gasteiger partial charge on any atom is 0.268 e. The fourth-order valence-corrected chi connectivity index (χ4v) is 3.06. The normalized spacial score (nSPS) is 11.0. The summed E-state index contributed by atoms with van der Waals surface area (Å²) in [6.07, 6.45) is 3.41. The number of nitrogens with one attached hydrogen (secondary N) is 2. The minimum absolute atomic E-state index is 0.173. The third-order valence-corrected chi connectivity index (χ3v) is 4.29. The van der Waals surface area contributed by atoms with Crippen molar-refractivity contribution >= 4 is 27.5 Å². The Kier molecular flexibility index (Phi) is 3.39. The highest BCUT2D eigenvalue weighted by molar-refractivity contribution is 7.17. The number of pyridine rings is 1. The number of carbonyl (C=O) groups excluding carboxylic acids is 1. The van der Waals surface area contributed by atoms with Crippen LogP contribution in [0.15, 0.2) is 52.6 Å². The molecule has 7 heteroatoms. The number of fused-ring (bicyclic) bond motifs is 1. The summed E-state index contributed by atoms with van der Waals surface area (Å²) >= 11 is 1.60. The molecule has 0 fully saturated rings. The summed E-state index contributed by atoms with van der Waals surface area (Å²) in [4.78, 5) is 19.3. The molecule has 0 radical (unpaired) electrons. The van der Waals surface area contributed by atoms with Crippen molar-refractivity contribution in [3.8, 4) is 11.3 Å². The van der Waals surface area contributed by atoms with E-state index >= 15 is 0 Å². The molecule has 114 valence electrons. The van der Waals surface area contributed by atoms with Crippen molar-refractivity contribution in [2.45, 2.75) is 6.54 Å². The highest BCUT2D eigenvalue weighted by atomic mass is 32.1. The van der Waals surface area contributed by atoms with Gasteiger partial charge < -0.3 is 14.8 Å². The second-order valence-corrected chi connectivity index (χ2v) is 5.93. The molecule has 0 unspecified atom stereocenters. The first-order valence-electron chi connectivity index (χ1n) is 7.00. The Balaban J connectivity index is 1.44. The van der Waals surface area contributed by atoms with Gasteiger partial charge in [-0.25, -0.2) is 0 Å². The van der Waals surface area contributed by atoms with Crippen LogP contribution in [0.4, 0.5) is 0 Å². The van der Waals surface area contributed by atoms with Crippen LogP contribution in [0.25, 0.3) is 21.5 Å². The number of thiophene rings is 1. The molecule has 4 rings (SSSR count). The monoisotopic (exact) mass is 324 g/mol. The van der Waals surface area contributed by atoms with Gasteiger partial charge in [0.05, 0.1) is 16.8 Å². The summed E-state index contributed by atoms with van der Waals surface area (Å²) in [6, 6.07) is 9.33. The number of rotatable bonds is 4. The lowest BCUT2D eigenvalue weighted by molar-refractivity contribution is 0.0943. The number of nitrogens with zero attached hydrogens (tertiary/aromatic N) is 2. The van der Waals surface area contributed by atoms with Crippen LogP contribution in [0.1, 0.15) is 16.2 Å². The number of H-pyrrole nitrogens is 1.